The predicted octanol–water partition coefficient (Wildman–Crippen LogP) is 4.60. The van der Waals surface area contributed by atoms with Gasteiger partial charge < -0.3 is 9.47 Å². The molecule has 0 unspecified atom stereocenters. The first-order valence-corrected chi connectivity index (χ1v) is 8.26. The van der Waals surface area contributed by atoms with Crippen LogP contribution in [0.15, 0.2) is 30.5 Å². The Kier molecular flexibility index (Phi) is 4.49. The molecule has 2 aromatic carbocycles. The van der Waals surface area contributed by atoms with Crippen molar-refractivity contribution in [3.63, 3.8) is 0 Å². The number of hydrogen-bond donors (Lipinski definition) is 0. The molecule has 0 fully saturated rings. The maximum atomic E-state index is 14.0. The Bertz CT molecular complexity index is 920. The highest BCUT2D eigenvalue weighted by Gasteiger charge is 2.14. The van der Waals surface area contributed by atoms with E-state index in [9.17, 15) is 9.18 Å². The molecule has 0 N–H and O–H groups in total. The van der Waals surface area contributed by atoms with Crippen molar-refractivity contribution in [2.24, 2.45) is 0 Å². The second-order valence-corrected chi connectivity index (χ2v) is 6.28. The summed E-state index contributed by atoms with van der Waals surface area (Å²) in [5.74, 6) is -0.570. The number of carbonyl (C=O) groups excluding carboxylic acids is 1. The fourth-order valence-electron chi connectivity index (χ4n) is 2.53. The van der Waals surface area contributed by atoms with Crippen molar-refractivity contribution in [3.05, 3.63) is 46.7 Å². The molecule has 24 heavy (non-hydrogen) atoms. The van der Waals surface area contributed by atoms with Gasteiger partial charge >= 0.3 is 5.97 Å². The molecule has 124 valence electrons. The van der Waals surface area contributed by atoms with Crippen LogP contribution in [0.2, 0.25) is 0 Å². The maximum Gasteiger partial charge on any atom is 0.349 e. The third kappa shape index (κ3) is 2.97. The van der Waals surface area contributed by atoms with E-state index in [1.807, 2.05) is 19.1 Å². The number of ether oxygens (including phenoxy) is 2. The third-order valence-corrected chi connectivity index (χ3v) is 4.69. The lowest BCUT2D eigenvalue weighted by atomic mass is 10.0. The molecule has 4 nitrogen and oxygen atoms in total. The molecular formula is C18H16FNO3S. The largest absolute Gasteiger partial charge is 0.494 e. The summed E-state index contributed by atoms with van der Waals surface area (Å²) in [5, 5.41) is 2.37. The topological polar surface area (TPSA) is 48.4 Å². The molecule has 3 rings (SSSR count). The summed E-state index contributed by atoms with van der Waals surface area (Å²) in [4.78, 5) is 16.5. The van der Waals surface area contributed by atoms with Gasteiger partial charge in [-0.1, -0.05) is 0 Å². The highest BCUT2D eigenvalue weighted by molar-refractivity contribution is 7.16. The van der Waals surface area contributed by atoms with Gasteiger partial charge in [-0.15, -0.1) is 11.3 Å². The van der Waals surface area contributed by atoms with Gasteiger partial charge in [-0.25, -0.2) is 14.2 Å². The number of hydrogen-bond acceptors (Lipinski definition) is 5. The van der Waals surface area contributed by atoms with Crippen LogP contribution in [0.5, 0.6) is 5.75 Å². The van der Waals surface area contributed by atoms with Crippen LogP contribution < -0.4 is 4.74 Å². The van der Waals surface area contributed by atoms with Gasteiger partial charge in [0.15, 0.2) is 11.6 Å². The maximum absolute atomic E-state index is 14.0. The normalized spacial score (nSPS) is 10.8. The minimum absolute atomic E-state index is 0.220. The van der Waals surface area contributed by atoms with Crippen molar-refractivity contribution in [2.45, 2.75) is 13.8 Å². The zero-order valence-electron chi connectivity index (χ0n) is 13.6. The number of nitrogens with zero attached hydrogens (tertiary/aromatic N) is 1. The minimum Gasteiger partial charge on any atom is -0.494 e. The molecule has 0 atom stereocenters. The molecule has 0 saturated carbocycles. The fourth-order valence-corrected chi connectivity index (χ4v) is 3.33. The Labute approximate surface area is 142 Å². The van der Waals surface area contributed by atoms with E-state index < -0.39 is 5.82 Å². The van der Waals surface area contributed by atoms with E-state index in [0.29, 0.717) is 16.5 Å². The lowest BCUT2D eigenvalue weighted by Gasteiger charge is -2.09. The average Bonchev–Trinajstić information content (AvgIpc) is 3.04. The molecule has 0 aliphatic carbocycles. The first-order valence-electron chi connectivity index (χ1n) is 7.44. The van der Waals surface area contributed by atoms with E-state index >= 15 is 0 Å². The van der Waals surface area contributed by atoms with Gasteiger partial charge in [0, 0.05) is 5.56 Å². The number of benzene rings is 2. The Morgan fingerprint density at radius 1 is 1.29 bits per heavy atom. The van der Waals surface area contributed by atoms with Crippen molar-refractivity contribution in [3.8, 4) is 16.3 Å². The van der Waals surface area contributed by atoms with Gasteiger partial charge in [0.2, 0.25) is 0 Å². The molecule has 3 aromatic rings. The van der Waals surface area contributed by atoms with Crippen LogP contribution in [0.1, 0.15) is 22.2 Å². The van der Waals surface area contributed by atoms with E-state index in [4.69, 9.17) is 9.47 Å². The summed E-state index contributed by atoms with van der Waals surface area (Å²) in [7, 11) is 1.44. The van der Waals surface area contributed by atoms with E-state index in [0.717, 1.165) is 21.9 Å². The standard InChI is InChI=1S/C18H16FNO3S/c1-4-23-18(21)16-9-20-17(24-16)12-5-10(2)13-8-15(22-3)14(19)7-11(13)6-12/h5-9H,4H2,1-3H3. The van der Waals surface area contributed by atoms with Crippen LogP contribution >= 0.6 is 11.3 Å². The number of thiazole rings is 1. The van der Waals surface area contributed by atoms with Gasteiger partial charge in [-0.3, -0.25) is 0 Å². The minimum atomic E-state index is -0.409. The number of aryl methyl sites for hydroxylation is 1. The zero-order chi connectivity index (χ0) is 17.3. The van der Waals surface area contributed by atoms with E-state index in [-0.39, 0.29) is 11.7 Å². The average molecular weight is 345 g/mol. The number of methoxy groups -OCH3 is 1. The highest BCUT2D eigenvalue weighted by Crippen LogP contribution is 2.33. The summed E-state index contributed by atoms with van der Waals surface area (Å²) < 4.78 is 24.0. The van der Waals surface area contributed by atoms with Crippen LogP contribution in [0, 0.1) is 12.7 Å². The molecule has 1 aromatic heterocycles. The lowest BCUT2D eigenvalue weighted by Crippen LogP contribution is -2.01. The first kappa shape index (κ1) is 16.4. The van der Waals surface area contributed by atoms with Crippen molar-refractivity contribution < 1.29 is 18.7 Å². The molecule has 0 saturated heterocycles. The summed E-state index contributed by atoms with van der Waals surface area (Å²) >= 11 is 1.26. The van der Waals surface area contributed by atoms with Crippen LogP contribution in [-0.4, -0.2) is 24.7 Å². The van der Waals surface area contributed by atoms with Crippen LogP contribution in [-0.2, 0) is 4.74 Å². The molecule has 0 spiro atoms. The van der Waals surface area contributed by atoms with Crippen LogP contribution in [0.3, 0.4) is 0 Å². The van der Waals surface area contributed by atoms with Gasteiger partial charge in [-0.05, 0) is 54.4 Å². The Morgan fingerprint density at radius 3 is 2.79 bits per heavy atom. The third-order valence-electron chi connectivity index (χ3n) is 3.66. The number of fused-ring (bicyclic) bond motifs is 1. The summed E-state index contributed by atoms with van der Waals surface area (Å²) in [6.07, 6.45) is 1.51. The summed E-state index contributed by atoms with van der Waals surface area (Å²) in [6, 6.07) is 6.96. The molecule has 0 amide bonds. The number of halogens is 1. The molecule has 0 radical (unpaired) electrons. The van der Waals surface area contributed by atoms with Gasteiger partial charge in [0.25, 0.3) is 0 Å². The monoisotopic (exact) mass is 345 g/mol. The van der Waals surface area contributed by atoms with Crippen molar-refractivity contribution in [1.82, 2.24) is 4.98 Å². The number of esters is 1. The molecule has 0 aliphatic heterocycles. The quantitative estimate of drug-likeness (QED) is 0.649. The predicted molar refractivity (Wildman–Crippen MR) is 92.3 cm³/mol. The van der Waals surface area contributed by atoms with Gasteiger partial charge in [-0.2, -0.15) is 0 Å². The number of aromatic nitrogens is 1. The Morgan fingerprint density at radius 2 is 2.08 bits per heavy atom. The van der Waals surface area contributed by atoms with Crippen LogP contribution in [0.4, 0.5) is 4.39 Å². The van der Waals surface area contributed by atoms with Crippen LogP contribution in [0.25, 0.3) is 21.3 Å². The highest BCUT2D eigenvalue weighted by atomic mass is 32.1. The second-order valence-electron chi connectivity index (χ2n) is 5.25. The van der Waals surface area contributed by atoms with Gasteiger partial charge in [0.1, 0.15) is 9.88 Å². The van der Waals surface area contributed by atoms with E-state index in [1.54, 1.807) is 13.0 Å². The van der Waals surface area contributed by atoms with Crippen molar-refractivity contribution in [2.75, 3.05) is 13.7 Å². The smallest absolute Gasteiger partial charge is 0.349 e. The first-order chi connectivity index (χ1) is 11.5. The van der Waals surface area contributed by atoms with Gasteiger partial charge in [0.05, 0.1) is 19.9 Å². The zero-order valence-corrected chi connectivity index (χ0v) is 14.4. The SMILES string of the molecule is CCOC(=O)c1cnc(-c2cc(C)c3cc(OC)c(F)cc3c2)s1. The summed E-state index contributed by atoms with van der Waals surface area (Å²) in [5.41, 5.74) is 1.82. The molecule has 1 heterocycles. The Hall–Kier alpha value is -2.47. The molecule has 0 aliphatic rings. The van der Waals surface area contributed by atoms with Crippen molar-refractivity contribution in [1.29, 1.82) is 0 Å². The lowest BCUT2D eigenvalue weighted by molar-refractivity contribution is 0.0532. The molecule has 0 bridgehead atoms. The van der Waals surface area contributed by atoms with E-state index in [1.165, 1.54) is 30.7 Å². The fraction of sp³-hybridized carbons (Fsp3) is 0.222. The second kappa shape index (κ2) is 6.57. The molecular weight excluding hydrogens is 329 g/mol. The number of carbonyl (C=O) groups is 1. The molecule has 6 heteroatoms. The Balaban J connectivity index is 2.06. The van der Waals surface area contributed by atoms with E-state index in [2.05, 4.69) is 4.98 Å². The summed E-state index contributed by atoms with van der Waals surface area (Å²) in [6.45, 7) is 4.03. The van der Waals surface area contributed by atoms with Crippen molar-refractivity contribution >= 4 is 28.1 Å². The number of rotatable bonds is 4.